The van der Waals surface area contributed by atoms with Gasteiger partial charge < -0.3 is 38.3 Å². The lowest BCUT2D eigenvalue weighted by atomic mass is 9.98. The Hall–Kier alpha value is -2.73. The Morgan fingerprint density at radius 2 is 1.41 bits per heavy atom. The molecule has 0 heterocycles. The molecule has 4 amide bonds. The zero-order valence-corrected chi connectivity index (χ0v) is 19.1. The van der Waals surface area contributed by atoms with E-state index in [1.807, 2.05) is 6.92 Å². The van der Waals surface area contributed by atoms with Crippen LogP contribution in [0.5, 0.6) is 0 Å². The third-order valence-electron chi connectivity index (χ3n) is 5.18. The van der Waals surface area contributed by atoms with Gasteiger partial charge in [0.15, 0.2) is 0 Å². The lowest BCUT2D eigenvalue weighted by molar-refractivity contribution is -0.141. The van der Waals surface area contributed by atoms with Crippen LogP contribution in [0, 0.1) is 5.92 Å². The van der Waals surface area contributed by atoms with Crippen molar-refractivity contribution in [3.05, 3.63) is 0 Å². The summed E-state index contributed by atoms with van der Waals surface area (Å²) in [5, 5.41) is 16.4. The van der Waals surface area contributed by atoms with Crippen LogP contribution in [-0.4, -0.2) is 65.4 Å². The number of aliphatic carboxylic acids is 1. The zero-order chi connectivity index (χ0) is 24.8. The Morgan fingerprint density at radius 3 is 1.91 bits per heavy atom. The van der Waals surface area contributed by atoms with Crippen molar-refractivity contribution in [2.24, 2.45) is 23.1 Å². The van der Waals surface area contributed by atoms with Crippen molar-refractivity contribution in [2.45, 2.75) is 83.5 Å². The highest BCUT2D eigenvalue weighted by Crippen LogP contribution is 2.08. The third-order valence-corrected chi connectivity index (χ3v) is 5.18. The summed E-state index contributed by atoms with van der Waals surface area (Å²) >= 11 is 0. The molecule has 0 aromatic heterocycles. The minimum absolute atomic E-state index is 0.0806. The van der Waals surface area contributed by atoms with E-state index >= 15 is 0 Å². The van der Waals surface area contributed by atoms with Gasteiger partial charge in [0.2, 0.25) is 23.6 Å². The van der Waals surface area contributed by atoms with Gasteiger partial charge in [-0.05, 0) is 45.1 Å². The summed E-state index contributed by atoms with van der Waals surface area (Å²) in [6.45, 7) is 5.35. The van der Waals surface area contributed by atoms with Gasteiger partial charge in [0.05, 0.1) is 6.04 Å². The number of primary amides is 1. The van der Waals surface area contributed by atoms with Gasteiger partial charge in [0.1, 0.15) is 18.1 Å². The van der Waals surface area contributed by atoms with E-state index in [9.17, 15) is 24.0 Å². The van der Waals surface area contributed by atoms with E-state index in [2.05, 4.69) is 16.0 Å². The van der Waals surface area contributed by atoms with Crippen LogP contribution < -0.4 is 33.2 Å². The predicted octanol–water partition coefficient (Wildman–Crippen LogP) is -1.69. The van der Waals surface area contributed by atoms with Crippen LogP contribution >= 0.6 is 0 Å². The van der Waals surface area contributed by atoms with E-state index in [-0.39, 0.29) is 25.2 Å². The molecular weight excluding hydrogens is 420 g/mol. The molecule has 0 radical (unpaired) electrons. The minimum atomic E-state index is -1.23. The van der Waals surface area contributed by atoms with Gasteiger partial charge in [-0.25, -0.2) is 0 Å². The number of unbranched alkanes of at least 4 members (excludes halogenated alkanes) is 1. The van der Waals surface area contributed by atoms with Crippen LogP contribution in [0.25, 0.3) is 0 Å². The fourth-order valence-electron chi connectivity index (χ4n) is 2.75. The summed E-state index contributed by atoms with van der Waals surface area (Å²) in [4.78, 5) is 60.1. The summed E-state index contributed by atoms with van der Waals surface area (Å²) in [6.07, 6.45) is 1.72. The highest BCUT2D eigenvalue weighted by Gasteiger charge is 2.30. The maximum atomic E-state index is 12.9. The molecule has 0 aliphatic rings. The molecule has 10 N–H and O–H groups in total. The number of carbonyl (C=O) groups excluding carboxylic acids is 4. The Balaban J connectivity index is 5.44. The van der Waals surface area contributed by atoms with Gasteiger partial charge in [0, 0.05) is 6.42 Å². The van der Waals surface area contributed by atoms with Gasteiger partial charge >= 0.3 is 5.97 Å². The van der Waals surface area contributed by atoms with E-state index in [4.69, 9.17) is 22.3 Å². The van der Waals surface area contributed by atoms with Crippen LogP contribution in [0.3, 0.4) is 0 Å². The highest BCUT2D eigenvalue weighted by molar-refractivity contribution is 5.94. The quantitative estimate of drug-likeness (QED) is 0.132. The van der Waals surface area contributed by atoms with Crippen molar-refractivity contribution >= 4 is 29.6 Å². The molecule has 0 aromatic rings. The van der Waals surface area contributed by atoms with Crippen LogP contribution in [0.1, 0.15) is 59.3 Å². The van der Waals surface area contributed by atoms with Crippen molar-refractivity contribution in [3.8, 4) is 0 Å². The number of rotatable bonds is 16. The van der Waals surface area contributed by atoms with Crippen LogP contribution in [0.2, 0.25) is 0 Å². The number of carbonyl (C=O) groups is 5. The number of hydrogen-bond acceptors (Lipinski definition) is 7. The second kappa shape index (κ2) is 15.1. The standard InChI is InChI=1S/C20H38N6O6/c1-4-11(2)16(23)19(30)26-14(8-9-15(22)27)18(29)25-13(7-5-6-10-21)17(28)24-12(3)20(31)32/h11-14,16H,4-10,21,23H2,1-3H3,(H2,22,27)(H,24,28)(H,25,29)(H,26,30)(H,31,32). The molecule has 5 unspecified atom stereocenters. The summed E-state index contributed by atoms with van der Waals surface area (Å²) in [7, 11) is 0. The zero-order valence-electron chi connectivity index (χ0n) is 19.1. The summed E-state index contributed by atoms with van der Waals surface area (Å²) in [5.41, 5.74) is 16.6. The van der Waals surface area contributed by atoms with E-state index in [0.717, 1.165) is 0 Å². The monoisotopic (exact) mass is 458 g/mol. The van der Waals surface area contributed by atoms with E-state index in [0.29, 0.717) is 25.8 Å². The molecule has 5 atom stereocenters. The van der Waals surface area contributed by atoms with Gasteiger partial charge in [-0.3, -0.25) is 24.0 Å². The largest absolute Gasteiger partial charge is 0.480 e. The fourth-order valence-corrected chi connectivity index (χ4v) is 2.75. The Morgan fingerprint density at radius 1 is 0.875 bits per heavy atom. The Bertz CT molecular complexity index is 658. The van der Waals surface area contributed by atoms with Crippen molar-refractivity contribution in [1.29, 1.82) is 0 Å². The highest BCUT2D eigenvalue weighted by atomic mass is 16.4. The fraction of sp³-hybridized carbons (Fsp3) is 0.750. The number of nitrogens with one attached hydrogen (secondary N) is 3. The number of nitrogens with two attached hydrogens (primary N) is 3. The summed E-state index contributed by atoms with van der Waals surface area (Å²) in [5.74, 6) is -3.96. The molecule has 0 bridgehead atoms. The average Bonchev–Trinajstić information content (AvgIpc) is 2.73. The number of hydrogen-bond donors (Lipinski definition) is 7. The molecule has 0 rings (SSSR count). The molecule has 32 heavy (non-hydrogen) atoms. The maximum absolute atomic E-state index is 12.9. The lowest BCUT2D eigenvalue weighted by Crippen LogP contribution is -2.57. The first-order chi connectivity index (χ1) is 14.9. The first-order valence-corrected chi connectivity index (χ1v) is 10.8. The molecule has 0 aliphatic carbocycles. The summed E-state index contributed by atoms with van der Waals surface area (Å²) < 4.78 is 0. The minimum Gasteiger partial charge on any atom is -0.480 e. The first kappa shape index (κ1) is 29.3. The van der Waals surface area contributed by atoms with Crippen LogP contribution in [0.15, 0.2) is 0 Å². The normalized spacial score (nSPS) is 15.5. The molecule has 0 fully saturated rings. The SMILES string of the molecule is CCC(C)C(N)C(=O)NC(CCC(N)=O)C(=O)NC(CCCCN)C(=O)NC(C)C(=O)O. The molecular formula is C20H38N6O6. The Labute approximate surface area is 188 Å². The maximum Gasteiger partial charge on any atom is 0.325 e. The molecule has 12 nitrogen and oxygen atoms in total. The molecule has 12 heteroatoms. The van der Waals surface area contributed by atoms with Gasteiger partial charge in [-0.2, -0.15) is 0 Å². The third kappa shape index (κ3) is 11.0. The topological polar surface area (TPSA) is 220 Å². The predicted molar refractivity (Wildman–Crippen MR) is 118 cm³/mol. The van der Waals surface area contributed by atoms with Gasteiger partial charge in [0.25, 0.3) is 0 Å². The van der Waals surface area contributed by atoms with Crippen molar-refractivity contribution in [2.75, 3.05) is 6.54 Å². The van der Waals surface area contributed by atoms with Gasteiger partial charge in [-0.1, -0.05) is 20.3 Å². The Kier molecular flexibility index (Phi) is 13.8. The van der Waals surface area contributed by atoms with Crippen LogP contribution in [0.4, 0.5) is 0 Å². The van der Waals surface area contributed by atoms with Crippen molar-refractivity contribution in [3.63, 3.8) is 0 Å². The van der Waals surface area contributed by atoms with E-state index in [1.54, 1.807) is 6.92 Å². The molecule has 0 saturated carbocycles. The summed E-state index contributed by atoms with van der Waals surface area (Å²) in [6, 6.07) is -4.21. The molecule has 0 saturated heterocycles. The number of amides is 4. The molecule has 0 aromatic carbocycles. The van der Waals surface area contributed by atoms with E-state index < -0.39 is 53.8 Å². The number of carboxylic acids is 1. The van der Waals surface area contributed by atoms with E-state index in [1.165, 1.54) is 6.92 Å². The first-order valence-electron chi connectivity index (χ1n) is 10.8. The van der Waals surface area contributed by atoms with Crippen molar-refractivity contribution < 1.29 is 29.1 Å². The lowest BCUT2D eigenvalue weighted by Gasteiger charge is -2.25. The van der Waals surface area contributed by atoms with Crippen LogP contribution in [-0.2, 0) is 24.0 Å². The molecule has 0 spiro atoms. The second-order valence-corrected chi connectivity index (χ2v) is 7.89. The second-order valence-electron chi connectivity index (χ2n) is 7.89. The smallest absolute Gasteiger partial charge is 0.325 e. The molecule has 0 aliphatic heterocycles. The van der Waals surface area contributed by atoms with Gasteiger partial charge in [-0.15, -0.1) is 0 Å². The number of carboxylic acid groups (broad SMARTS) is 1. The molecule has 184 valence electrons. The van der Waals surface area contributed by atoms with Crippen molar-refractivity contribution in [1.82, 2.24) is 16.0 Å². The average molecular weight is 459 g/mol.